The van der Waals surface area contributed by atoms with Crippen molar-refractivity contribution in [3.63, 3.8) is 0 Å². The van der Waals surface area contributed by atoms with Gasteiger partial charge >= 0.3 is 11.9 Å². The molecule has 0 radical (unpaired) electrons. The summed E-state index contributed by atoms with van der Waals surface area (Å²) in [6, 6.07) is 0. The molecule has 0 aliphatic rings. The maximum atomic E-state index is 11.6. The average Bonchev–Trinajstić information content (AvgIpc) is 2.69. The van der Waals surface area contributed by atoms with Crippen molar-refractivity contribution in [1.29, 1.82) is 0 Å². The molecular weight excluding hydrogens is 372 g/mol. The van der Waals surface area contributed by atoms with E-state index in [0.717, 1.165) is 51.4 Å². The normalized spacial score (nSPS) is 11.7. The van der Waals surface area contributed by atoms with Gasteiger partial charge in [0.2, 0.25) is 0 Å². The van der Waals surface area contributed by atoms with Gasteiger partial charge in [-0.2, -0.15) is 9.78 Å². The molecule has 0 aromatic carbocycles. The number of unbranched alkanes of at least 4 members (excludes halogenated alkanes) is 8. The Morgan fingerprint density at radius 3 is 1.17 bits per heavy atom. The summed E-state index contributed by atoms with van der Waals surface area (Å²) in [4.78, 5) is 42.7. The molecule has 0 unspecified atom stereocenters. The first-order chi connectivity index (χ1) is 13.6. The zero-order valence-electron chi connectivity index (χ0n) is 18.8. The molecule has 6 nitrogen and oxygen atoms in total. The molecule has 0 heterocycles. The van der Waals surface area contributed by atoms with E-state index < -0.39 is 11.2 Å². The van der Waals surface area contributed by atoms with Gasteiger partial charge in [0.25, 0.3) is 0 Å². The van der Waals surface area contributed by atoms with Crippen LogP contribution < -0.4 is 0 Å². The Labute approximate surface area is 176 Å². The summed E-state index contributed by atoms with van der Waals surface area (Å²) in [5, 5.41) is 0. The van der Waals surface area contributed by atoms with E-state index in [2.05, 4.69) is 13.2 Å². The van der Waals surface area contributed by atoms with Gasteiger partial charge in [-0.1, -0.05) is 57.1 Å². The van der Waals surface area contributed by atoms with Crippen molar-refractivity contribution in [3.05, 3.63) is 25.3 Å². The summed E-state index contributed by atoms with van der Waals surface area (Å²) in [7, 11) is 0. The molecule has 6 heteroatoms. The molecule has 0 aliphatic carbocycles. The zero-order chi connectivity index (χ0) is 22.2. The Morgan fingerprint density at radius 1 is 0.621 bits per heavy atom. The Balaban J connectivity index is 3.43. The molecule has 29 heavy (non-hydrogen) atoms. The highest BCUT2D eigenvalue weighted by atomic mass is 17.2. The first kappa shape index (κ1) is 27.3. The number of hydrogen-bond donors (Lipinski definition) is 0. The van der Waals surface area contributed by atoms with E-state index in [1.54, 1.807) is 39.8 Å². The number of rotatable bonds is 18. The predicted octanol–water partition coefficient (Wildman–Crippen LogP) is 6.16. The van der Waals surface area contributed by atoms with Crippen molar-refractivity contribution in [2.75, 3.05) is 0 Å². The first-order valence-electron chi connectivity index (χ1n) is 10.7. The predicted molar refractivity (Wildman–Crippen MR) is 114 cm³/mol. The minimum absolute atomic E-state index is 0.336. The van der Waals surface area contributed by atoms with Crippen LogP contribution in [0.4, 0.5) is 0 Å². The monoisotopic (exact) mass is 412 g/mol. The molecule has 0 amide bonds. The summed E-state index contributed by atoms with van der Waals surface area (Å²) in [6.07, 6.45) is 13.2. The van der Waals surface area contributed by atoms with Crippen molar-refractivity contribution in [3.8, 4) is 0 Å². The summed E-state index contributed by atoms with van der Waals surface area (Å²) in [6.45, 7) is 14.3. The van der Waals surface area contributed by atoms with Gasteiger partial charge in [0.15, 0.2) is 0 Å². The van der Waals surface area contributed by atoms with Gasteiger partial charge in [0.1, 0.15) is 11.2 Å². The third kappa shape index (κ3) is 17.0. The van der Waals surface area contributed by atoms with Crippen LogP contribution in [0.15, 0.2) is 25.3 Å². The standard InChI is InChI=1S/C23H40O6/c1-7-22(3,4)28-26-20(24)18-16-14-12-10-9-11-13-15-17-19-21(25)27-29-23(5,6)8-2/h7-8H,1-2,9-19H2,3-6H3. The van der Waals surface area contributed by atoms with Crippen LogP contribution in [0.2, 0.25) is 0 Å². The summed E-state index contributed by atoms with van der Waals surface area (Å²) < 4.78 is 0. The molecule has 0 rings (SSSR count). The highest BCUT2D eigenvalue weighted by molar-refractivity contribution is 5.68. The minimum Gasteiger partial charge on any atom is -0.297 e. The van der Waals surface area contributed by atoms with E-state index in [0.29, 0.717) is 12.8 Å². The fraction of sp³-hybridized carbons (Fsp3) is 0.739. The van der Waals surface area contributed by atoms with Gasteiger partial charge in [-0.05, 0) is 40.5 Å². The molecule has 168 valence electrons. The molecule has 0 aromatic rings. The lowest BCUT2D eigenvalue weighted by atomic mass is 10.1. The van der Waals surface area contributed by atoms with Crippen molar-refractivity contribution >= 4 is 11.9 Å². The Morgan fingerprint density at radius 2 is 0.897 bits per heavy atom. The van der Waals surface area contributed by atoms with Crippen LogP contribution in [-0.2, 0) is 29.1 Å². The van der Waals surface area contributed by atoms with E-state index in [4.69, 9.17) is 19.6 Å². The summed E-state index contributed by atoms with van der Waals surface area (Å²) >= 11 is 0. The molecule has 0 N–H and O–H groups in total. The van der Waals surface area contributed by atoms with Crippen LogP contribution in [0, 0.1) is 0 Å². The second-order valence-corrected chi connectivity index (χ2v) is 8.37. The zero-order valence-corrected chi connectivity index (χ0v) is 18.8. The molecule has 0 spiro atoms. The van der Waals surface area contributed by atoms with Crippen LogP contribution in [0.1, 0.15) is 98.3 Å². The Bertz CT molecular complexity index is 452. The van der Waals surface area contributed by atoms with Crippen molar-refractivity contribution in [1.82, 2.24) is 0 Å². The Hall–Kier alpha value is -1.66. The van der Waals surface area contributed by atoms with E-state index in [-0.39, 0.29) is 11.9 Å². The van der Waals surface area contributed by atoms with E-state index in [9.17, 15) is 9.59 Å². The minimum atomic E-state index is -0.661. The van der Waals surface area contributed by atoms with Crippen LogP contribution >= 0.6 is 0 Å². The van der Waals surface area contributed by atoms with Crippen molar-refractivity contribution in [2.24, 2.45) is 0 Å². The molecule has 0 atom stereocenters. The highest BCUT2D eigenvalue weighted by Crippen LogP contribution is 2.15. The van der Waals surface area contributed by atoms with Crippen molar-refractivity contribution in [2.45, 2.75) is 110 Å². The highest BCUT2D eigenvalue weighted by Gasteiger charge is 2.18. The smallest absolute Gasteiger partial charge is 0.297 e. The molecule has 0 aliphatic heterocycles. The first-order valence-corrected chi connectivity index (χ1v) is 10.7. The quantitative estimate of drug-likeness (QED) is 0.116. The van der Waals surface area contributed by atoms with Crippen LogP contribution in [-0.4, -0.2) is 23.1 Å². The number of carbonyl (C=O) groups excluding carboxylic acids is 2. The lowest BCUT2D eigenvalue weighted by molar-refractivity contribution is -0.312. The lowest BCUT2D eigenvalue weighted by Crippen LogP contribution is -2.23. The van der Waals surface area contributed by atoms with E-state index in [1.807, 2.05) is 0 Å². The van der Waals surface area contributed by atoms with Gasteiger partial charge in [0.05, 0.1) is 0 Å². The van der Waals surface area contributed by atoms with Crippen LogP contribution in [0.25, 0.3) is 0 Å². The van der Waals surface area contributed by atoms with Gasteiger partial charge in [-0.3, -0.25) is 9.78 Å². The summed E-state index contributed by atoms with van der Waals surface area (Å²) in [5.74, 6) is -0.672. The van der Waals surface area contributed by atoms with Crippen LogP contribution in [0.5, 0.6) is 0 Å². The maximum absolute atomic E-state index is 11.6. The van der Waals surface area contributed by atoms with Gasteiger partial charge < -0.3 is 0 Å². The number of carbonyl (C=O) groups is 2. The lowest BCUT2D eigenvalue weighted by Gasteiger charge is -2.17. The Kier molecular flexibility index (Phi) is 14.3. The maximum Gasteiger partial charge on any atom is 0.342 e. The molecular formula is C23H40O6. The molecule has 0 saturated heterocycles. The largest absolute Gasteiger partial charge is 0.342 e. The fourth-order valence-electron chi connectivity index (χ4n) is 2.24. The second-order valence-electron chi connectivity index (χ2n) is 8.37. The summed E-state index contributed by atoms with van der Waals surface area (Å²) in [5.41, 5.74) is -1.32. The molecule has 0 saturated carbocycles. The van der Waals surface area contributed by atoms with E-state index >= 15 is 0 Å². The third-order valence-electron chi connectivity index (χ3n) is 4.44. The van der Waals surface area contributed by atoms with Gasteiger partial charge in [0, 0.05) is 12.8 Å². The molecule has 0 aromatic heterocycles. The second kappa shape index (κ2) is 15.2. The van der Waals surface area contributed by atoms with E-state index in [1.165, 1.54) is 6.42 Å². The third-order valence-corrected chi connectivity index (χ3v) is 4.44. The van der Waals surface area contributed by atoms with Gasteiger partial charge in [-0.25, -0.2) is 9.59 Å². The average molecular weight is 413 g/mol. The fourth-order valence-corrected chi connectivity index (χ4v) is 2.24. The van der Waals surface area contributed by atoms with Gasteiger partial charge in [-0.15, -0.1) is 13.2 Å². The topological polar surface area (TPSA) is 71.1 Å². The van der Waals surface area contributed by atoms with Crippen LogP contribution in [0.3, 0.4) is 0 Å². The molecule has 0 bridgehead atoms. The SMILES string of the molecule is C=CC(C)(C)OOC(=O)CCCCCCCCCCCC(=O)OOC(C)(C)C=C. The molecule has 0 fully saturated rings. The van der Waals surface area contributed by atoms with Crippen molar-refractivity contribution < 1.29 is 29.1 Å². The number of hydrogen-bond acceptors (Lipinski definition) is 6.